The smallest absolute Gasteiger partial charge is 0.271 e. The number of fused-ring (bicyclic) bond motifs is 1. The molecule has 0 amide bonds. The minimum absolute atomic E-state index is 0.000681. The molecule has 1 unspecified atom stereocenters. The Kier molecular flexibility index (Phi) is 5.18. The first-order valence-corrected chi connectivity index (χ1v) is 7.28. The van der Waals surface area contributed by atoms with E-state index in [-0.39, 0.29) is 12.8 Å². The Hall–Kier alpha value is -1.18. The molecule has 0 fully saturated rings. The third kappa shape index (κ3) is 4.39. The first kappa shape index (κ1) is 16.2. The molecule has 1 atom stereocenters. The number of nitrogens with zero attached hydrogens (tertiary/aromatic N) is 1. The zero-order valence-electron chi connectivity index (χ0n) is 11.1. The lowest BCUT2D eigenvalue weighted by molar-refractivity contribution is -0.135. The molecule has 7 heteroatoms. The lowest BCUT2D eigenvalue weighted by Crippen LogP contribution is -2.29. The molecule has 0 aliphatic rings. The largest absolute Gasteiger partial charge is 0.389 e. The fraction of sp³-hybridized carbons (Fsp3) is 0.357. The van der Waals surface area contributed by atoms with Crippen molar-refractivity contribution in [2.45, 2.75) is 31.5 Å². The minimum atomic E-state index is -4.15. The number of hydrazine groups is 1. The monoisotopic (exact) mass is 361 g/mol. The van der Waals surface area contributed by atoms with Crippen LogP contribution >= 0.6 is 15.9 Å². The molecule has 2 aromatic rings. The van der Waals surface area contributed by atoms with Gasteiger partial charge in [-0.1, -0.05) is 18.2 Å². The predicted octanol–water partition coefficient (Wildman–Crippen LogP) is 4.23. The molecule has 2 rings (SSSR count). The Morgan fingerprint density at radius 3 is 2.67 bits per heavy atom. The maximum absolute atomic E-state index is 12.2. The van der Waals surface area contributed by atoms with Crippen molar-refractivity contribution in [3.8, 4) is 0 Å². The highest BCUT2D eigenvalue weighted by Gasteiger charge is 2.27. The number of hydrogen-bond donors (Lipinski definition) is 2. The van der Waals surface area contributed by atoms with E-state index in [0.717, 1.165) is 15.4 Å². The van der Waals surface area contributed by atoms with Crippen molar-refractivity contribution in [2.24, 2.45) is 5.84 Å². The Labute approximate surface area is 128 Å². The molecule has 1 aromatic carbocycles. The molecular weight excluding hydrogens is 347 g/mol. The highest BCUT2D eigenvalue weighted by atomic mass is 79.9. The average Bonchev–Trinajstić information content (AvgIpc) is 2.42. The molecule has 0 aliphatic heterocycles. The minimum Gasteiger partial charge on any atom is -0.271 e. The quantitative estimate of drug-likeness (QED) is 0.618. The number of nitrogens with one attached hydrogen (secondary N) is 1. The van der Waals surface area contributed by atoms with Crippen LogP contribution in [0.4, 0.5) is 13.2 Å². The summed E-state index contributed by atoms with van der Waals surface area (Å²) in [5.41, 5.74) is 3.96. The van der Waals surface area contributed by atoms with E-state index in [1.807, 2.05) is 30.3 Å². The van der Waals surface area contributed by atoms with Crippen LogP contribution in [0.5, 0.6) is 0 Å². The van der Waals surface area contributed by atoms with Crippen molar-refractivity contribution < 1.29 is 13.2 Å². The third-order valence-electron chi connectivity index (χ3n) is 3.19. The van der Waals surface area contributed by atoms with E-state index in [1.165, 1.54) is 0 Å². The molecule has 0 aliphatic carbocycles. The van der Waals surface area contributed by atoms with E-state index in [0.29, 0.717) is 5.69 Å². The number of aromatic nitrogens is 1. The van der Waals surface area contributed by atoms with E-state index < -0.39 is 18.6 Å². The van der Waals surface area contributed by atoms with Crippen LogP contribution in [0.3, 0.4) is 0 Å². The summed E-state index contributed by atoms with van der Waals surface area (Å²) in [6.45, 7) is 0. The zero-order chi connectivity index (χ0) is 15.5. The van der Waals surface area contributed by atoms with E-state index >= 15 is 0 Å². The topological polar surface area (TPSA) is 50.9 Å². The Morgan fingerprint density at radius 1 is 1.29 bits per heavy atom. The predicted molar refractivity (Wildman–Crippen MR) is 79.4 cm³/mol. The molecule has 0 spiro atoms. The van der Waals surface area contributed by atoms with Gasteiger partial charge in [-0.3, -0.25) is 11.3 Å². The fourth-order valence-electron chi connectivity index (χ4n) is 2.16. The molecule has 0 radical (unpaired) electrons. The molecule has 0 bridgehead atoms. The summed E-state index contributed by atoms with van der Waals surface area (Å²) in [7, 11) is 0. The van der Waals surface area contributed by atoms with Crippen molar-refractivity contribution in [1.82, 2.24) is 10.4 Å². The molecule has 21 heavy (non-hydrogen) atoms. The van der Waals surface area contributed by atoms with Gasteiger partial charge in [0.1, 0.15) is 0 Å². The maximum Gasteiger partial charge on any atom is 0.389 e. The molecule has 114 valence electrons. The Morgan fingerprint density at radius 2 is 2.00 bits per heavy atom. The molecule has 1 aromatic heterocycles. The van der Waals surface area contributed by atoms with Crippen LogP contribution in [0.2, 0.25) is 0 Å². The molecular formula is C14H15BrF3N3. The van der Waals surface area contributed by atoms with Gasteiger partial charge in [-0.2, -0.15) is 13.2 Å². The number of para-hydroxylation sites is 1. The Balaban J connectivity index is 2.19. The summed E-state index contributed by atoms with van der Waals surface area (Å²) in [6, 6.07) is 9.01. The highest BCUT2D eigenvalue weighted by Crippen LogP contribution is 2.30. The summed E-state index contributed by atoms with van der Waals surface area (Å²) in [5, 5.41) is 0.958. The number of pyridine rings is 1. The summed E-state index contributed by atoms with van der Waals surface area (Å²) < 4.78 is 37.4. The van der Waals surface area contributed by atoms with E-state index in [2.05, 4.69) is 26.3 Å². The van der Waals surface area contributed by atoms with Crippen molar-refractivity contribution in [3.05, 3.63) is 40.5 Å². The summed E-state index contributed by atoms with van der Waals surface area (Å²) in [6.07, 6.45) is -4.71. The third-order valence-corrected chi connectivity index (χ3v) is 3.82. The molecule has 0 saturated heterocycles. The van der Waals surface area contributed by atoms with Crippen molar-refractivity contribution in [2.75, 3.05) is 0 Å². The summed E-state index contributed by atoms with van der Waals surface area (Å²) in [4.78, 5) is 4.49. The van der Waals surface area contributed by atoms with Crippen LogP contribution in [0, 0.1) is 0 Å². The lowest BCUT2D eigenvalue weighted by Gasteiger charge is -2.18. The van der Waals surface area contributed by atoms with Gasteiger partial charge in [-0.15, -0.1) is 0 Å². The SMILES string of the molecule is NNC(CCCC(F)(F)F)c1nc2ccccc2cc1Br. The molecule has 0 saturated carbocycles. The van der Waals surface area contributed by atoms with E-state index in [4.69, 9.17) is 5.84 Å². The van der Waals surface area contributed by atoms with Gasteiger partial charge in [0.25, 0.3) is 0 Å². The number of hydrogen-bond acceptors (Lipinski definition) is 3. The number of alkyl halides is 3. The van der Waals surface area contributed by atoms with Crippen LogP contribution in [0.25, 0.3) is 10.9 Å². The highest BCUT2D eigenvalue weighted by molar-refractivity contribution is 9.10. The standard InChI is InChI=1S/C14H15BrF3N3/c15-10-8-9-4-1-2-5-11(9)20-13(10)12(21-19)6-3-7-14(16,17)18/h1-2,4-5,8,12,21H,3,6-7,19H2. The first-order valence-electron chi connectivity index (χ1n) is 6.49. The molecule has 3 N–H and O–H groups in total. The van der Waals surface area contributed by atoms with Gasteiger partial charge in [-0.05, 0) is 40.9 Å². The van der Waals surface area contributed by atoms with Crippen molar-refractivity contribution in [1.29, 1.82) is 0 Å². The maximum atomic E-state index is 12.2. The second-order valence-electron chi connectivity index (χ2n) is 4.77. The second kappa shape index (κ2) is 6.72. The summed E-state index contributed by atoms with van der Waals surface area (Å²) in [5.74, 6) is 5.48. The number of halogens is 4. The van der Waals surface area contributed by atoms with Crippen LogP contribution in [0.1, 0.15) is 31.0 Å². The van der Waals surface area contributed by atoms with Crippen LogP contribution in [-0.4, -0.2) is 11.2 Å². The number of nitrogens with two attached hydrogens (primary N) is 1. The van der Waals surface area contributed by atoms with Crippen molar-refractivity contribution >= 4 is 26.8 Å². The van der Waals surface area contributed by atoms with E-state index in [1.54, 1.807) is 0 Å². The molecule has 1 heterocycles. The van der Waals surface area contributed by atoms with Gasteiger partial charge < -0.3 is 0 Å². The summed E-state index contributed by atoms with van der Waals surface area (Å²) >= 11 is 3.41. The van der Waals surface area contributed by atoms with Gasteiger partial charge in [0, 0.05) is 16.3 Å². The number of rotatable bonds is 5. The first-order chi connectivity index (χ1) is 9.90. The average molecular weight is 362 g/mol. The second-order valence-corrected chi connectivity index (χ2v) is 5.63. The fourth-order valence-corrected chi connectivity index (χ4v) is 2.77. The lowest BCUT2D eigenvalue weighted by atomic mass is 10.0. The van der Waals surface area contributed by atoms with Gasteiger partial charge >= 0.3 is 6.18 Å². The van der Waals surface area contributed by atoms with E-state index in [9.17, 15) is 13.2 Å². The van der Waals surface area contributed by atoms with Gasteiger partial charge in [0.05, 0.1) is 17.3 Å². The number of benzene rings is 1. The van der Waals surface area contributed by atoms with Crippen LogP contribution in [-0.2, 0) is 0 Å². The van der Waals surface area contributed by atoms with Crippen LogP contribution < -0.4 is 11.3 Å². The van der Waals surface area contributed by atoms with Gasteiger partial charge in [-0.25, -0.2) is 4.98 Å². The van der Waals surface area contributed by atoms with Crippen molar-refractivity contribution in [3.63, 3.8) is 0 Å². The van der Waals surface area contributed by atoms with Gasteiger partial charge in [0.15, 0.2) is 0 Å². The van der Waals surface area contributed by atoms with Crippen LogP contribution in [0.15, 0.2) is 34.8 Å². The Bertz CT molecular complexity index is 616. The zero-order valence-corrected chi connectivity index (χ0v) is 12.7. The molecule has 3 nitrogen and oxygen atoms in total. The normalized spacial score (nSPS) is 13.6. The van der Waals surface area contributed by atoms with Gasteiger partial charge in [0.2, 0.25) is 0 Å².